The number of benzene rings is 1. The number of anilines is 1. The van der Waals surface area contributed by atoms with E-state index in [-0.39, 0.29) is 0 Å². The van der Waals surface area contributed by atoms with Gasteiger partial charge in [-0.25, -0.2) is 0 Å². The van der Waals surface area contributed by atoms with Crippen LogP contribution in [0.5, 0.6) is 0 Å². The molecular weight excluding hydrogens is 196 g/mol. The highest BCUT2D eigenvalue weighted by Gasteiger charge is 2.05. The number of hydrogen-bond acceptors (Lipinski definition) is 1. The van der Waals surface area contributed by atoms with Crippen LogP contribution in [-0.2, 0) is 6.54 Å². The number of nitrogens with two attached hydrogens (primary N) is 1. The lowest BCUT2D eigenvalue weighted by molar-refractivity contribution is 0.746. The van der Waals surface area contributed by atoms with Crippen molar-refractivity contribution >= 4 is 5.69 Å². The van der Waals surface area contributed by atoms with Crippen LogP contribution in [-0.4, -0.2) is 4.57 Å². The Hall–Kier alpha value is -1.70. The lowest BCUT2D eigenvalue weighted by Crippen LogP contribution is -2.06. The van der Waals surface area contributed by atoms with E-state index in [2.05, 4.69) is 43.5 Å². The zero-order valence-corrected chi connectivity index (χ0v) is 10.1. The Balaban J connectivity index is 2.38. The van der Waals surface area contributed by atoms with Gasteiger partial charge in [0.1, 0.15) is 0 Å². The summed E-state index contributed by atoms with van der Waals surface area (Å²) in [7, 11) is 0. The van der Waals surface area contributed by atoms with Gasteiger partial charge in [0.15, 0.2) is 0 Å². The first-order chi connectivity index (χ1) is 7.59. The zero-order valence-electron chi connectivity index (χ0n) is 10.1. The Morgan fingerprint density at radius 2 is 1.62 bits per heavy atom. The molecule has 16 heavy (non-hydrogen) atoms. The quantitative estimate of drug-likeness (QED) is 0.765. The number of nitrogens with zero attached hydrogens (tertiary/aromatic N) is 1. The molecule has 0 spiro atoms. The van der Waals surface area contributed by atoms with E-state index in [1.54, 1.807) is 0 Å². The molecule has 0 fully saturated rings. The molecule has 2 N–H and O–H groups in total. The Morgan fingerprint density at radius 1 is 1.00 bits per heavy atom. The molecule has 0 aliphatic rings. The first-order valence-corrected chi connectivity index (χ1v) is 5.56. The molecule has 84 valence electrons. The fraction of sp³-hybridized carbons (Fsp3) is 0.286. The van der Waals surface area contributed by atoms with E-state index in [1.807, 2.05) is 12.1 Å². The average molecular weight is 214 g/mol. The van der Waals surface area contributed by atoms with Crippen LogP contribution >= 0.6 is 0 Å². The fourth-order valence-electron chi connectivity index (χ4n) is 1.99. The SMILES string of the molecule is Cc1c(N)cccc1Cn1c(C)ccc1C. The van der Waals surface area contributed by atoms with Crippen molar-refractivity contribution in [2.24, 2.45) is 0 Å². The summed E-state index contributed by atoms with van der Waals surface area (Å²) in [5.41, 5.74) is 11.9. The van der Waals surface area contributed by atoms with Gasteiger partial charge in [0, 0.05) is 23.6 Å². The molecule has 0 unspecified atom stereocenters. The Bertz CT molecular complexity index is 490. The average Bonchev–Trinajstić information content (AvgIpc) is 2.56. The molecule has 2 nitrogen and oxygen atoms in total. The van der Waals surface area contributed by atoms with Crippen LogP contribution in [0.25, 0.3) is 0 Å². The van der Waals surface area contributed by atoms with Crippen molar-refractivity contribution in [2.45, 2.75) is 27.3 Å². The summed E-state index contributed by atoms with van der Waals surface area (Å²) in [6.07, 6.45) is 0. The molecule has 2 heteroatoms. The lowest BCUT2D eigenvalue weighted by atomic mass is 10.1. The fourth-order valence-corrected chi connectivity index (χ4v) is 1.99. The molecule has 2 rings (SSSR count). The Kier molecular flexibility index (Phi) is 2.73. The molecule has 0 saturated carbocycles. The number of aromatic nitrogens is 1. The molecule has 0 saturated heterocycles. The van der Waals surface area contributed by atoms with Crippen molar-refractivity contribution in [2.75, 3.05) is 5.73 Å². The first kappa shape index (κ1) is 10.8. The summed E-state index contributed by atoms with van der Waals surface area (Å²) in [5, 5.41) is 0. The van der Waals surface area contributed by atoms with Crippen molar-refractivity contribution < 1.29 is 0 Å². The van der Waals surface area contributed by atoms with E-state index in [4.69, 9.17) is 5.73 Å². The van der Waals surface area contributed by atoms with Gasteiger partial charge in [0.05, 0.1) is 0 Å². The lowest BCUT2D eigenvalue weighted by Gasteiger charge is -2.12. The maximum absolute atomic E-state index is 5.92. The van der Waals surface area contributed by atoms with Crippen LogP contribution in [0.1, 0.15) is 22.5 Å². The monoisotopic (exact) mass is 214 g/mol. The molecule has 0 aliphatic heterocycles. The molecule has 0 radical (unpaired) electrons. The number of rotatable bonds is 2. The Morgan fingerprint density at radius 3 is 2.25 bits per heavy atom. The molecule has 1 aromatic carbocycles. The highest BCUT2D eigenvalue weighted by Crippen LogP contribution is 2.18. The van der Waals surface area contributed by atoms with Crippen LogP contribution in [0.4, 0.5) is 5.69 Å². The predicted molar refractivity (Wildman–Crippen MR) is 68.6 cm³/mol. The highest BCUT2D eigenvalue weighted by atomic mass is 15.0. The summed E-state index contributed by atoms with van der Waals surface area (Å²) in [6.45, 7) is 7.25. The second-order valence-corrected chi connectivity index (χ2v) is 4.33. The summed E-state index contributed by atoms with van der Waals surface area (Å²) >= 11 is 0. The van der Waals surface area contributed by atoms with Crippen LogP contribution in [0, 0.1) is 20.8 Å². The van der Waals surface area contributed by atoms with E-state index < -0.39 is 0 Å². The van der Waals surface area contributed by atoms with Gasteiger partial charge in [-0.2, -0.15) is 0 Å². The summed E-state index contributed by atoms with van der Waals surface area (Å²) in [4.78, 5) is 0. The van der Waals surface area contributed by atoms with Gasteiger partial charge >= 0.3 is 0 Å². The summed E-state index contributed by atoms with van der Waals surface area (Å²) in [5.74, 6) is 0. The third kappa shape index (κ3) is 1.83. The van der Waals surface area contributed by atoms with Crippen LogP contribution in [0.2, 0.25) is 0 Å². The zero-order chi connectivity index (χ0) is 11.7. The molecule has 0 amide bonds. The standard InChI is InChI=1S/C14H18N2/c1-10-7-8-11(2)16(10)9-13-5-4-6-14(15)12(13)3/h4-8H,9,15H2,1-3H3. The summed E-state index contributed by atoms with van der Waals surface area (Å²) < 4.78 is 2.31. The van der Waals surface area contributed by atoms with Gasteiger partial charge in [0.2, 0.25) is 0 Å². The van der Waals surface area contributed by atoms with Gasteiger partial charge in [-0.05, 0) is 50.1 Å². The first-order valence-electron chi connectivity index (χ1n) is 5.56. The normalized spacial score (nSPS) is 10.7. The van der Waals surface area contributed by atoms with Crippen LogP contribution in [0.3, 0.4) is 0 Å². The van der Waals surface area contributed by atoms with E-state index >= 15 is 0 Å². The topological polar surface area (TPSA) is 30.9 Å². The van der Waals surface area contributed by atoms with Crippen molar-refractivity contribution in [1.29, 1.82) is 0 Å². The maximum atomic E-state index is 5.92. The second-order valence-electron chi connectivity index (χ2n) is 4.33. The van der Waals surface area contributed by atoms with E-state index in [0.29, 0.717) is 0 Å². The minimum atomic E-state index is 0.875. The largest absolute Gasteiger partial charge is 0.399 e. The van der Waals surface area contributed by atoms with Crippen molar-refractivity contribution in [3.63, 3.8) is 0 Å². The van der Waals surface area contributed by atoms with Crippen molar-refractivity contribution in [3.05, 3.63) is 52.8 Å². The number of aryl methyl sites for hydroxylation is 2. The molecule has 2 aromatic rings. The van der Waals surface area contributed by atoms with Gasteiger partial charge in [-0.1, -0.05) is 12.1 Å². The smallest absolute Gasteiger partial charge is 0.0478 e. The van der Waals surface area contributed by atoms with E-state index in [9.17, 15) is 0 Å². The van der Waals surface area contributed by atoms with Crippen molar-refractivity contribution in [1.82, 2.24) is 4.57 Å². The van der Waals surface area contributed by atoms with Gasteiger partial charge < -0.3 is 10.3 Å². The molecule has 0 aliphatic carbocycles. The summed E-state index contributed by atoms with van der Waals surface area (Å²) in [6, 6.07) is 10.4. The number of hydrogen-bond donors (Lipinski definition) is 1. The molecule has 0 bridgehead atoms. The third-order valence-corrected chi connectivity index (χ3v) is 3.23. The second kappa shape index (κ2) is 4.05. The van der Waals surface area contributed by atoms with Gasteiger partial charge in [-0.15, -0.1) is 0 Å². The molecular formula is C14H18N2. The minimum Gasteiger partial charge on any atom is -0.399 e. The molecule has 1 heterocycles. The van der Waals surface area contributed by atoms with E-state index in [0.717, 1.165) is 12.2 Å². The number of nitrogen functional groups attached to an aromatic ring is 1. The predicted octanol–water partition coefficient (Wildman–Crippen LogP) is 3.04. The van der Waals surface area contributed by atoms with E-state index in [1.165, 1.54) is 22.5 Å². The highest BCUT2D eigenvalue weighted by molar-refractivity contribution is 5.50. The van der Waals surface area contributed by atoms with Gasteiger partial charge in [-0.3, -0.25) is 0 Å². The Labute approximate surface area is 96.7 Å². The van der Waals surface area contributed by atoms with Gasteiger partial charge in [0.25, 0.3) is 0 Å². The molecule has 0 atom stereocenters. The minimum absolute atomic E-state index is 0.875. The maximum Gasteiger partial charge on any atom is 0.0478 e. The van der Waals surface area contributed by atoms with Crippen LogP contribution in [0.15, 0.2) is 30.3 Å². The molecule has 1 aromatic heterocycles. The van der Waals surface area contributed by atoms with Crippen LogP contribution < -0.4 is 5.73 Å². The van der Waals surface area contributed by atoms with Crippen molar-refractivity contribution in [3.8, 4) is 0 Å². The third-order valence-electron chi connectivity index (χ3n) is 3.23.